The zero-order chi connectivity index (χ0) is 19.3. The Morgan fingerprint density at radius 1 is 1.04 bits per heavy atom. The van der Waals surface area contributed by atoms with Crippen molar-refractivity contribution in [3.63, 3.8) is 0 Å². The molecule has 0 bridgehead atoms. The molecule has 28 heavy (non-hydrogen) atoms. The van der Waals surface area contributed by atoms with Gasteiger partial charge in [-0.25, -0.2) is 0 Å². The Bertz CT molecular complexity index is 1070. The van der Waals surface area contributed by atoms with Crippen molar-refractivity contribution in [1.82, 2.24) is 15.1 Å². The predicted molar refractivity (Wildman–Crippen MR) is 107 cm³/mol. The predicted octanol–water partition coefficient (Wildman–Crippen LogP) is 5.00. The molecular weight excluding hydrogens is 376 g/mol. The highest BCUT2D eigenvalue weighted by Gasteiger charge is 2.19. The van der Waals surface area contributed by atoms with Crippen LogP contribution in [0.4, 0.5) is 6.01 Å². The van der Waals surface area contributed by atoms with Crippen LogP contribution in [0.1, 0.15) is 17.3 Å². The van der Waals surface area contributed by atoms with E-state index < -0.39 is 0 Å². The van der Waals surface area contributed by atoms with Gasteiger partial charge in [0.1, 0.15) is 5.75 Å². The second kappa shape index (κ2) is 8.10. The van der Waals surface area contributed by atoms with Gasteiger partial charge in [0, 0.05) is 16.8 Å². The number of nitrogens with zero attached hydrogens (tertiary/aromatic N) is 3. The molecule has 1 N–H and O–H groups in total. The molecule has 6 nitrogen and oxygen atoms in total. The van der Waals surface area contributed by atoms with Crippen molar-refractivity contribution in [2.75, 3.05) is 12.4 Å². The third kappa shape index (κ3) is 3.97. The molecule has 4 aromatic rings. The first kappa shape index (κ1) is 18.0. The van der Waals surface area contributed by atoms with E-state index in [2.05, 4.69) is 20.4 Å². The van der Waals surface area contributed by atoms with Crippen LogP contribution in [0.15, 0.2) is 77.4 Å². The van der Waals surface area contributed by atoms with Crippen molar-refractivity contribution in [1.29, 1.82) is 0 Å². The third-order valence-corrected chi connectivity index (χ3v) is 4.42. The number of aromatic nitrogens is 3. The number of pyridine rings is 1. The highest BCUT2D eigenvalue weighted by atomic mass is 35.5. The summed E-state index contributed by atoms with van der Waals surface area (Å²) >= 11 is 6.18. The zero-order valence-electron chi connectivity index (χ0n) is 15.0. The molecule has 0 aliphatic heterocycles. The van der Waals surface area contributed by atoms with Crippen LogP contribution in [0.25, 0.3) is 11.4 Å². The van der Waals surface area contributed by atoms with Crippen molar-refractivity contribution < 1.29 is 9.26 Å². The van der Waals surface area contributed by atoms with E-state index >= 15 is 0 Å². The Balaban J connectivity index is 1.65. The number of ether oxygens (including phenoxy) is 1. The molecule has 2 heterocycles. The molecular formula is C21H17ClN4O2. The van der Waals surface area contributed by atoms with E-state index in [1.807, 2.05) is 66.7 Å². The number of nitrogens with one attached hydrogen (secondary N) is 1. The van der Waals surface area contributed by atoms with Gasteiger partial charge in [0.25, 0.3) is 0 Å². The van der Waals surface area contributed by atoms with Gasteiger partial charge in [-0.05, 0) is 42.0 Å². The molecule has 4 rings (SSSR count). The molecule has 0 spiro atoms. The van der Waals surface area contributed by atoms with E-state index in [1.54, 1.807) is 13.3 Å². The number of methoxy groups -OCH3 is 1. The van der Waals surface area contributed by atoms with Crippen molar-refractivity contribution in [3.8, 4) is 17.1 Å². The fourth-order valence-corrected chi connectivity index (χ4v) is 3.04. The molecule has 1 atom stereocenters. The highest BCUT2D eigenvalue weighted by Crippen LogP contribution is 2.28. The van der Waals surface area contributed by atoms with Gasteiger partial charge in [0.15, 0.2) is 0 Å². The number of benzene rings is 2. The summed E-state index contributed by atoms with van der Waals surface area (Å²) in [4.78, 5) is 8.92. The van der Waals surface area contributed by atoms with Gasteiger partial charge in [-0.3, -0.25) is 4.98 Å². The molecule has 7 heteroatoms. The van der Waals surface area contributed by atoms with Gasteiger partial charge in [0.05, 0.1) is 18.8 Å². The van der Waals surface area contributed by atoms with Gasteiger partial charge < -0.3 is 14.6 Å². The van der Waals surface area contributed by atoms with Gasteiger partial charge in [-0.2, -0.15) is 4.98 Å². The molecule has 0 aliphatic rings. The standard InChI is InChI=1S/C21H17ClN4O2/c1-27-17-9-5-7-15(13-17)20-25-21(28-26-20)24-19(18-10-2-3-11-23-18)14-6-4-8-16(22)12-14/h2-13,19H,1H3,(H,24,25,26). The van der Waals surface area contributed by atoms with E-state index in [1.165, 1.54) is 0 Å². The third-order valence-electron chi connectivity index (χ3n) is 4.19. The van der Waals surface area contributed by atoms with Gasteiger partial charge in [0.2, 0.25) is 5.82 Å². The van der Waals surface area contributed by atoms with Crippen LogP contribution < -0.4 is 10.1 Å². The summed E-state index contributed by atoms with van der Waals surface area (Å²) in [5.41, 5.74) is 2.55. The monoisotopic (exact) mass is 392 g/mol. The molecule has 0 saturated carbocycles. The van der Waals surface area contributed by atoms with E-state index in [-0.39, 0.29) is 12.1 Å². The van der Waals surface area contributed by atoms with Crippen LogP contribution in [0.3, 0.4) is 0 Å². The Kier molecular flexibility index (Phi) is 5.21. The van der Waals surface area contributed by atoms with Crippen molar-refractivity contribution >= 4 is 17.6 Å². The summed E-state index contributed by atoms with van der Waals surface area (Å²) in [7, 11) is 1.62. The fourth-order valence-electron chi connectivity index (χ4n) is 2.85. The topological polar surface area (TPSA) is 73.1 Å². The molecule has 2 aromatic heterocycles. The molecule has 140 valence electrons. The lowest BCUT2D eigenvalue weighted by Crippen LogP contribution is -2.14. The van der Waals surface area contributed by atoms with Crippen molar-refractivity contribution in [3.05, 3.63) is 89.2 Å². The normalized spacial score (nSPS) is 11.8. The molecule has 0 fully saturated rings. The summed E-state index contributed by atoms with van der Waals surface area (Å²) in [6, 6.07) is 20.8. The second-order valence-electron chi connectivity index (χ2n) is 6.04. The lowest BCUT2D eigenvalue weighted by atomic mass is 10.0. The maximum absolute atomic E-state index is 6.18. The van der Waals surface area contributed by atoms with Crippen LogP contribution in [0.5, 0.6) is 5.75 Å². The first-order valence-electron chi connectivity index (χ1n) is 8.64. The molecule has 0 aliphatic carbocycles. The Hall–Kier alpha value is -3.38. The summed E-state index contributed by atoms with van der Waals surface area (Å²) < 4.78 is 10.7. The molecule has 1 unspecified atom stereocenters. The van der Waals surface area contributed by atoms with Crippen LogP contribution in [-0.2, 0) is 0 Å². The summed E-state index contributed by atoms with van der Waals surface area (Å²) in [6.45, 7) is 0. The zero-order valence-corrected chi connectivity index (χ0v) is 15.8. The van der Waals surface area contributed by atoms with Crippen LogP contribution in [-0.4, -0.2) is 22.2 Å². The Morgan fingerprint density at radius 3 is 2.71 bits per heavy atom. The molecule has 2 aromatic carbocycles. The first-order chi connectivity index (χ1) is 13.7. The highest BCUT2D eigenvalue weighted by molar-refractivity contribution is 6.30. The maximum atomic E-state index is 6.18. The largest absolute Gasteiger partial charge is 0.497 e. The number of hydrogen-bond acceptors (Lipinski definition) is 6. The summed E-state index contributed by atoms with van der Waals surface area (Å²) in [5.74, 6) is 1.19. The lowest BCUT2D eigenvalue weighted by molar-refractivity contribution is 0.414. The van der Waals surface area contributed by atoms with Gasteiger partial charge >= 0.3 is 6.01 Å². The maximum Gasteiger partial charge on any atom is 0.322 e. The van der Waals surface area contributed by atoms with Crippen LogP contribution >= 0.6 is 11.6 Å². The fraction of sp³-hybridized carbons (Fsp3) is 0.0952. The molecule has 0 radical (unpaired) electrons. The number of anilines is 1. The first-order valence-corrected chi connectivity index (χ1v) is 9.02. The van der Waals surface area contributed by atoms with Gasteiger partial charge in [-0.15, -0.1) is 0 Å². The number of halogens is 1. The van der Waals surface area contributed by atoms with E-state index in [9.17, 15) is 0 Å². The molecule has 0 saturated heterocycles. The minimum absolute atomic E-state index is 0.286. The van der Waals surface area contributed by atoms with E-state index in [0.29, 0.717) is 10.8 Å². The smallest absolute Gasteiger partial charge is 0.322 e. The minimum atomic E-state index is -0.293. The Morgan fingerprint density at radius 2 is 1.93 bits per heavy atom. The lowest BCUT2D eigenvalue weighted by Gasteiger charge is -2.17. The van der Waals surface area contributed by atoms with Crippen LogP contribution in [0.2, 0.25) is 5.02 Å². The summed E-state index contributed by atoms with van der Waals surface area (Å²) in [5, 5.41) is 7.98. The quantitative estimate of drug-likeness (QED) is 0.498. The second-order valence-corrected chi connectivity index (χ2v) is 6.48. The van der Waals surface area contributed by atoms with E-state index in [0.717, 1.165) is 22.6 Å². The van der Waals surface area contributed by atoms with Crippen molar-refractivity contribution in [2.45, 2.75) is 6.04 Å². The summed E-state index contributed by atoms with van der Waals surface area (Å²) in [6.07, 6.45) is 1.74. The average molecular weight is 393 g/mol. The molecule has 0 amide bonds. The number of rotatable bonds is 6. The average Bonchev–Trinajstić information content (AvgIpc) is 3.21. The Labute approximate surface area is 167 Å². The van der Waals surface area contributed by atoms with Crippen LogP contribution in [0, 0.1) is 0 Å². The van der Waals surface area contributed by atoms with E-state index in [4.69, 9.17) is 20.9 Å². The number of hydrogen-bond donors (Lipinski definition) is 1. The van der Waals surface area contributed by atoms with Gasteiger partial charge in [-0.1, -0.05) is 47.1 Å². The SMILES string of the molecule is COc1cccc(-c2noc(NC(c3cccc(Cl)c3)c3ccccn3)n2)c1. The van der Waals surface area contributed by atoms with Crippen molar-refractivity contribution in [2.24, 2.45) is 0 Å². The minimum Gasteiger partial charge on any atom is -0.497 e.